The average molecular weight is 272 g/mol. The van der Waals surface area contributed by atoms with Gasteiger partial charge in [0.15, 0.2) is 11.5 Å². The van der Waals surface area contributed by atoms with Crippen LogP contribution in [0.2, 0.25) is 0 Å². The number of oxazole rings is 1. The average Bonchev–Trinajstić information content (AvgIpc) is 3.06. The molecule has 2 aromatic rings. The van der Waals surface area contributed by atoms with Crippen molar-refractivity contribution in [2.24, 2.45) is 0 Å². The van der Waals surface area contributed by atoms with E-state index in [-0.39, 0.29) is 0 Å². The van der Waals surface area contributed by atoms with Gasteiger partial charge in [-0.2, -0.15) is 0 Å². The van der Waals surface area contributed by atoms with E-state index >= 15 is 0 Å². The molecule has 1 saturated carbocycles. The molecule has 1 fully saturated rings. The Kier molecular flexibility index (Phi) is 4.06. The Morgan fingerprint density at radius 3 is 2.85 bits per heavy atom. The van der Waals surface area contributed by atoms with Crippen LogP contribution in [-0.2, 0) is 6.42 Å². The molecule has 3 heteroatoms. The Labute approximate surface area is 120 Å². The smallest absolute Gasteiger partial charge is 0.198 e. The predicted octanol–water partition coefficient (Wildman–Crippen LogP) is 4.03. The summed E-state index contributed by atoms with van der Waals surface area (Å²) in [6.45, 7) is 5.27. The van der Waals surface area contributed by atoms with Gasteiger partial charge in [-0.1, -0.05) is 32.8 Å². The lowest BCUT2D eigenvalue weighted by molar-refractivity contribution is 0.501. The Morgan fingerprint density at radius 2 is 2.10 bits per heavy atom. The second-order valence-corrected chi connectivity index (χ2v) is 6.19. The van der Waals surface area contributed by atoms with E-state index in [0.29, 0.717) is 5.92 Å². The van der Waals surface area contributed by atoms with Crippen molar-refractivity contribution in [2.75, 3.05) is 6.54 Å². The Morgan fingerprint density at radius 1 is 1.30 bits per heavy atom. The zero-order valence-corrected chi connectivity index (χ0v) is 12.5. The monoisotopic (exact) mass is 272 g/mol. The molecule has 1 aromatic heterocycles. The molecule has 20 heavy (non-hydrogen) atoms. The fourth-order valence-corrected chi connectivity index (χ4v) is 2.94. The van der Waals surface area contributed by atoms with Crippen LogP contribution in [0.15, 0.2) is 22.6 Å². The van der Waals surface area contributed by atoms with Crippen LogP contribution in [0, 0.1) is 0 Å². The first-order valence-corrected chi connectivity index (χ1v) is 7.85. The molecule has 0 atom stereocenters. The molecule has 1 aromatic carbocycles. The van der Waals surface area contributed by atoms with Crippen molar-refractivity contribution in [3.63, 3.8) is 0 Å². The van der Waals surface area contributed by atoms with Crippen LogP contribution in [0.5, 0.6) is 0 Å². The first-order valence-electron chi connectivity index (χ1n) is 7.85. The molecule has 0 amide bonds. The van der Waals surface area contributed by atoms with Gasteiger partial charge in [0, 0.05) is 12.0 Å². The maximum Gasteiger partial charge on any atom is 0.198 e. The van der Waals surface area contributed by atoms with Crippen LogP contribution < -0.4 is 5.32 Å². The van der Waals surface area contributed by atoms with Crippen molar-refractivity contribution < 1.29 is 4.42 Å². The summed E-state index contributed by atoms with van der Waals surface area (Å²) in [6, 6.07) is 7.14. The number of nitrogens with zero attached hydrogens (tertiary/aromatic N) is 1. The molecule has 1 aliphatic rings. The van der Waals surface area contributed by atoms with Crippen molar-refractivity contribution in [3.8, 4) is 0 Å². The van der Waals surface area contributed by atoms with E-state index in [2.05, 4.69) is 42.3 Å². The predicted molar refractivity (Wildman–Crippen MR) is 82.1 cm³/mol. The third-order valence-corrected chi connectivity index (χ3v) is 4.17. The van der Waals surface area contributed by atoms with Gasteiger partial charge in [0.2, 0.25) is 0 Å². The van der Waals surface area contributed by atoms with Gasteiger partial charge in [-0.05, 0) is 43.5 Å². The maximum atomic E-state index is 5.82. The number of benzene rings is 1. The molecule has 1 heterocycles. The quantitative estimate of drug-likeness (QED) is 0.893. The minimum atomic E-state index is 0.342. The molecule has 1 aliphatic carbocycles. The van der Waals surface area contributed by atoms with Crippen LogP contribution in [0.1, 0.15) is 56.9 Å². The summed E-state index contributed by atoms with van der Waals surface area (Å²) >= 11 is 0. The summed E-state index contributed by atoms with van der Waals surface area (Å²) in [5.41, 5.74) is 3.22. The minimum Gasteiger partial charge on any atom is -0.440 e. The summed E-state index contributed by atoms with van der Waals surface area (Å²) < 4.78 is 5.82. The molecule has 108 valence electrons. The minimum absolute atomic E-state index is 0.342. The van der Waals surface area contributed by atoms with Crippen LogP contribution in [0.3, 0.4) is 0 Å². The molecule has 3 nitrogen and oxygen atoms in total. The van der Waals surface area contributed by atoms with Crippen LogP contribution in [0.4, 0.5) is 0 Å². The molecule has 1 N–H and O–H groups in total. The number of aromatic nitrogens is 1. The molecule has 0 spiro atoms. The number of hydrogen-bond acceptors (Lipinski definition) is 3. The summed E-state index contributed by atoms with van der Waals surface area (Å²) in [5, 5.41) is 3.66. The zero-order valence-electron chi connectivity index (χ0n) is 12.5. The van der Waals surface area contributed by atoms with Crippen LogP contribution >= 0.6 is 0 Å². The molecular weight excluding hydrogens is 248 g/mol. The lowest BCUT2D eigenvalue weighted by Gasteiger charge is -2.11. The molecule has 0 aliphatic heterocycles. The number of rotatable bonds is 5. The highest BCUT2D eigenvalue weighted by atomic mass is 16.3. The van der Waals surface area contributed by atoms with Crippen molar-refractivity contribution in [1.29, 1.82) is 0 Å². The number of fused-ring (bicyclic) bond motifs is 1. The molecule has 3 rings (SSSR count). The van der Waals surface area contributed by atoms with E-state index in [9.17, 15) is 0 Å². The van der Waals surface area contributed by atoms with E-state index in [4.69, 9.17) is 4.42 Å². The highest BCUT2D eigenvalue weighted by molar-refractivity contribution is 5.73. The lowest BCUT2D eigenvalue weighted by Crippen LogP contribution is -2.27. The summed E-state index contributed by atoms with van der Waals surface area (Å²) in [6.07, 6.45) is 6.53. The molecule has 0 bridgehead atoms. The lowest BCUT2D eigenvalue weighted by atomic mass is 10.1. The molecule has 0 unspecified atom stereocenters. The topological polar surface area (TPSA) is 38.1 Å². The van der Waals surface area contributed by atoms with Gasteiger partial charge < -0.3 is 9.73 Å². The van der Waals surface area contributed by atoms with Gasteiger partial charge in [0.25, 0.3) is 0 Å². The standard InChI is InChI=1S/C17H24N2O/c1-12(2)17-19-15-8-7-13(11-16(15)20-17)9-10-18-14-5-3-4-6-14/h7-8,11-12,14,18H,3-6,9-10H2,1-2H3. The van der Waals surface area contributed by atoms with E-state index in [1.165, 1.54) is 31.2 Å². The SMILES string of the molecule is CC(C)c1nc2ccc(CCNC3CCCC3)cc2o1. The summed E-state index contributed by atoms with van der Waals surface area (Å²) in [5.74, 6) is 1.18. The third kappa shape index (κ3) is 3.04. The van der Waals surface area contributed by atoms with Gasteiger partial charge in [-0.3, -0.25) is 0 Å². The maximum absolute atomic E-state index is 5.82. The van der Waals surface area contributed by atoms with Crippen molar-refractivity contribution >= 4 is 11.1 Å². The third-order valence-electron chi connectivity index (χ3n) is 4.17. The van der Waals surface area contributed by atoms with Gasteiger partial charge in [0.05, 0.1) is 0 Å². The van der Waals surface area contributed by atoms with E-state index in [0.717, 1.165) is 36.0 Å². The van der Waals surface area contributed by atoms with Crippen LogP contribution in [-0.4, -0.2) is 17.6 Å². The normalized spacial score (nSPS) is 16.6. The highest BCUT2D eigenvalue weighted by Crippen LogP contribution is 2.22. The van der Waals surface area contributed by atoms with Crippen molar-refractivity contribution in [2.45, 2.75) is 57.9 Å². The van der Waals surface area contributed by atoms with Gasteiger partial charge >= 0.3 is 0 Å². The van der Waals surface area contributed by atoms with Gasteiger partial charge in [-0.15, -0.1) is 0 Å². The fraction of sp³-hybridized carbons (Fsp3) is 0.588. The second kappa shape index (κ2) is 5.96. The Balaban J connectivity index is 1.62. The van der Waals surface area contributed by atoms with Gasteiger partial charge in [-0.25, -0.2) is 4.98 Å². The fourth-order valence-electron chi connectivity index (χ4n) is 2.94. The first kappa shape index (κ1) is 13.6. The van der Waals surface area contributed by atoms with Crippen LogP contribution in [0.25, 0.3) is 11.1 Å². The van der Waals surface area contributed by atoms with Crippen molar-refractivity contribution in [1.82, 2.24) is 10.3 Å². The number of hydrogen-bond donors (Lipinski definition) is 1. The summed E-state index contributed by atoms with van der Waals surface area (Å²) in [4.78, 5) is 4.51. The summed E-state index contributed by atoms with van der Waals surface area (Å²) in [7, 11) is 0. The molecule has 0 saturated heterocycles. The van der Waals surface area contributed by atoms with Crippen molar-refractivity contribution in [3.05, 3.63) is 29.7 Å². The van der Waals surface area contributed by atoms with E-state index < -0.39 is 0 Å². The molecule has 0 radical (unpaired) electrons. The number of nitrogens with one attached hydrogen (secondary N) is 1. The Hall–Kier alpha value is -1.35. The van der Waals surface area contributed by atoms with Gasteiger partial charge in [0.1, 0.15) is 5.52 Å². The second-order valence-electron chi connectivity index (χ2n) is 6.19. The zero-order chi connectivity index (χ0) is 13.9. The Bertz CT molecular complexity index is 567. The highest BCUT2D eigenvalue weighted by Gasteiger charge is 2.14. The largest absolute Gasteiger partial charge is 0.440 e. The van der Waals surface area contributed by atoms with E-state index in [1.54, 1.807) is 0 Å². The molecular formula is C17H24N2O. The van der Waals surface area contributed by atoms with E-state index in [1.807, 2.05) is 0 Å². The first-order chi connectivity index (χ1) is 9.72.